The summed E-state index contributed by atoms with van der Waals surface area (Å²) in [7, 11) is 0. The number of carbonyl (C=O) groups is 2. The van der Waals surface area contributed by atoms with E-state index in [0.29, 0.717) is 31.2 Å². The topological polar surface area (TPSA) is 69.6 Å². The molecule has 0 bridgehead atoms. The lowest BCUT2D eigenvalue weighted by Gasteiger charge is -2.32. The van der Waals surface area contributed by atoms with Gasteiger partial charge in [0, 0.05) is 44.2 Å². The average Bonchev–Trinajstić information content (AvgIpc) is 3.04. The van der Waals surface area contributed by atoms with Crippen LogP contribution in [0, 0.1) is 5.92 Å². The molecular weight excluding hydrogens is 438 g/mol. The van der Waals surface area contributed by atoms with E-state index in [1.54, 1.807) is 11.0 Å². The molecule has 1 saturated carbocycles. The van der Waals surface area contributed by atoms with E-state index in [2.05, 4.69) is 21.7 Å². The standard InChI is InChI=1S/C25H30ClN5O2/c1-2-13-31(25(33)19-7-5-8-19)18-24(32)30-15-6-14-29(16-17-30)23-12-11-22(27-28-23)20-9-3-4-10-21(20)26/h2-4,9-12,19H,1,5-8,13-18H2. The monoisotopic (exact) mass is 467 g/mol. The Labute approximate surface area is 200 Å². The lowest BCUT2D eigenvalue weighted by atomic mass is 9.84. The quantitative estimate of drug-likeness (QED) is 0.581. The predicted octanol–water partition coefficient (Wildman–Crippen LogP) is 3.65. The molecule has 2 heterocycles. The van der Waals surface area contributed by atoms with Gasteiger partial charge < -0.3 is 14.7 Å². The summed E-state index contributed by atoms with van der Waals surface area (Å²) >= 11 is 6.27. The molecule has 1 aromatic carbocycles. The molecule has 8 heteroatoms. The Hall–Kier alpha value is -2.93. The number of carbonyl (C=O) groups excluding carboxylic acids is 2. The minimum Gasteiger partial charge on any atom is -0.353 e. The molecule has 1 aromatic heterocycles. The molecule has 33 heavy (non-hydrogen) atoms. The van der Waals surface area contributed by atoms with Crippen molar-refractivity contribution in [1.29, 1.82) is 0 Å². The van der Waals surface area contributed by atoms with E-state index in [0.717, 1.165) is 49.3 Å². The summed E-state index contributed by atoms with van der Waals surface area (Å²) in [5.74, 6) is 0.935. The van der Waals surface area contributed by atoms with Crippen LogP contribution in [-0.2, 0) is 9.59 Å². The van der Waals surface area contributed by atoms with E-state index in [1.807, 2.05) is 41.3 Å². The van der Waals surface area contributed by atoms with Gasteiger partial charge in [-0.1, -0.05) is 42.3 Å². The fourth-order valence-corrected chi connectivity index (χ4v) is 4.50. The van der Waals surface area contributed by atoms with Crippen LogP contribution in [-0.4, -0.2) is 71.1 Å². The zero-order valence-corrected chi connectivity index (χ0v) is 19.6. The fourth-order valence-electron chi connectivity index (χ4n) is 4.27. The first-order valence-corrected chi connectivity index (χ1v) is 12.0. The van der Waals surface area contributed by atoms with Crippen molar-refractivity contribution < 1.29 is 9.59 Å². The number of amides is 2. The second kappa shape index (κ2) is 10.8. The maximum absolute atomic E-state index is 13.0. The molecular formula is C25H30ClN5O2. The zero-order chi connectivity index (χ0) is 23.2. The van der Waals surface area contributed by atoms with Crippen molar-refractivity contribution in [3.05, 3.63) is 54.1 Å². The molecule has 2 aliphatic rings. The molecule has 4 rings (SSSR count). The minimum atomic E-state index is -0.00785. The second-order valence-electron chi connectivity index (χ2n) is 8.61. The molecule has 0 atom stereocenters. The maximum atomic E-state index is 13.0. The highest BCUT2D eigenvalue weighted by atomic mass is 35.5. The van der Waals surface area contributed by atoms with Crippen molar-refractivity contribution in [2.75, 3.05) is 44.2 Å². The molecule has 2 aromatic rings. The molecule has 2 amide bonds. The first-order chi connectivity index (χ1) is 16.1. The van der Waals surface area contributed by atoms with Gasteiger partial charge in [0.1, 0.15) is 6.54 Å². The Bertz CT molecular complexity index is 993. The van der Waals surface area contributed by atoms with Crippen molar-refractivity contribution in [1.82, 2.24) is 20.0 Å². The van der Waals surface area contributed by atoms with Gasteiger partial charge in [0.15, 0.2) is 5.82 Å². The number of rotatable bonds is 7. The summed E-state index contributed by atoms with van der Waals surface area (Å²) in [6, 6.07) is 11.4. The van der Waals surface area contributed by atoms with Gasteiger partial charge in [-0.2, -0.15) is 0 Å². The zero-order valence-electron chi connectivity index (χ0n) is 18.8. The highest BCUT2D eigenvalue weighted by Crippen LogP contribution is 2.28. The van der Waals surface area contributed by atoms with Crippen molar-refractivity contribution in [2.45, 2.75) is 25.7 Å². The summed E-state index contributed by atoms with van der Waals surface area (Å²) in [4.78, 5) is 31.3. The van der Waals surface area contributed by atoms with Crippen LogP contribution in [0.2, 0.25) is 5.02 Å². The van der Waals surface area contributed by atoms with Crippen LogP contribution >= 0.6 is 11.6 Å². The maximum Gasteiger partial charge on any atom is 0.242 e. The van der Waals surface area contributed by atoms with Crippen LogP contribution in [0.3, 0.4) is 0 Å². The van der Waals surface area contributed by atoms with Gasteiger partial charge in [-0.3, -0.25) is 9.59 Å². The van der Waals surface area contributed by atoms with Gasteiger partial charge in [-0.05, 0) is 37.5 Å². The number of benzene rings is 1. The Morgan fingerprint density at radius 3 is 2.55 bits per heavy atom. The summed E-state index contributed by atoms with van der Waals surface area (Å²) in [6.45, 7) is 7.00. The number of hydrogen-bond acceptors (Lipinski definition) is 5. The molecule has 0 spiro atoms. The van der Waals surface area contributed by atoms with E-state index in [-0.39, 0.29) is 24.3 Å². The van der Waals surface area contributed by atoms with Crippen LogP contribution in [0.1, 0.15) is 25.7 Å². The first kappa shape index (κ1) is 23.2. The fraction of sp³-hybridized carbons (Fsp3) is 0.440. The Balaban J connectivity index is 1.35. The van der Waals surface area contributed by atoms with Crippen molar-refractivity contribution >= 4 is 29.2 Å². The van der Waals surface area contributed by atoms with Crippen LogP contribution < -0.4 is 4.90 Å². The third kappa shape index (κ3) is 5.53. The van der Waals surface area contributed by atoms with E-state index in [4.69, 9.17) is 11.6 Å². The number of aromatic nitrogens is 2. The molecule has 2 fully saturated rings. The van der Waals surface area contributed by atoms with Crippen molar-refractivity contribution in [2.24, 2.45) is 5.92 Å². The summed E-state index contributed by atoms with van der Waals surface area (Å²) in [6.07, 6.45) is 5.47. The molecule has 1 saturated heterocycles. The number of hydrogen-bond donors (Lipinski definition) is 0. The van der Waals surface area contributed by atoms with Gasteiger partial charge in [0.05, 0.1) is 10.7 Å². The van der Waals surface area contributed by atoms with Gasteiger partial charge >= 0.3 is 0 Å². The highest BCUT2D eigenvalue weighted by Gasteiger charge is 2.31. The predicted molar refractivity (Wildman–Crippen MR) is 130 cm³/mol. The van der Waals surface area contributed by atoms with Gasteiger partial charge in [0.25, 0.3) is 0 Å². The van der Waals surface area contributed by atoms with Gasteiger partial charge in [-0.25, -0.2) is 0 Å². The highest BCUT2D eigenvalue weighted by molar-refractivity contribution is 6.33. The van der Waals surface area contributed by atoms with E-state index >= 15 is 0 Å². The number of anilines is 1. The van der Waals surface area contributed by atoms with E-state index in [1.165, 1.54) is 0 Å². The van der Waals surface area contributed by atoms with Crippen LogP contribution in [0.5, 0.6) is 0 Å². The van der Waals surface area contributed by atoms with Crippen molar-refractivity contribution in [3.8, 4) is 11.3 Å². The second-order valence-corrected chi connectivity index (χ2v) is 9.02. The Morgan fingerprint density at radius 2 is 1.88 bits per heavy atom. The molecule has 1 aliphatic heterocycles. The molecule has 0 unspecified atom stereocenters. The van der Waals surface area contributed by atoms with E-state index in [9.17, 15) is 9.59 Å². The largest absolute Gasteiger partial charge is 0.353 e. The van der Waals surface area contributed by atoms with Crippen molar-refractivity contribution in [3.63, 3.8) is 0 Å². The normalized spacial score (nSPS) is 16.6. The Kier molecular flexibility index (Phi) is 7.60. The summed E-state index contributed by atoms with van der Waals surface area (Å²) < 4.78 is 0. The molecule has 0 N–H and O–H groups in total. The summed E-state index contributed by atoms with van der Waals surface area (Å²) in [5, 5.41) is 9.42. The molecule has 0 radical (unpaired) electrons. The average molecular weight is 468 g/mol. The summed E-state index contributed by atoms with van der Waals surface area (Å²) in [5.41, 5.74) is 1.58. The minimum absolute atomic E-state index is 0.00785. The lowest BCUT2D eigenvalue weighted by molar-refractivity contribution is -0.144. The molecule has 174 valence electrons. The van der Waals surface area contributed by atoms with Gasteiger partial charge in [0.2, 0.25) is 11.8 Å². The Morgan fingerprint density at radius 1 is 1.06 bits per heavy atom. The number of nitrogens with zero attached hydrogens (tertiary/aromatic N) is 5. The van der Waals surface area contributed by atoms with Crippen LogP contribution in [0.25, 0.3) is 11.3 Å². The third-order valence-corrected chi connectivity index (χ3v) is 6.74. The molecule has 1 aliphatic carbocycles. The smallest absolute Gasteiger partial charge is 0.242 e. The lowest BCUT2D eigenvalue weighted by Crippen LogP contribution is -2.46. The molecule has 7 nitrogen and oxygen atoms in total. The first-order valence-electron chi connectivity index (χ1n) is 11.6. The van der Waals surface area contributed by atoms with Gasteiger partial charge in [-0.15, -0.1) is 16.8 Å². The number of halogens is 1. The van der Waals surface area contributed by atoms with Crippen LogP contribution in [0.15, 0.2) is 49.1 Å². The van der Waals surface area contributed by atoms with E-state index < -0.39 is 0 Å². The SMILES string of the molecule is C=CCN(CC(=O)N1CCCN(c2ccc(-c3ccccc3Cl)nn2)CC1)C(=O)C1CCC1. The third-order valence-electron chi connectivity index (χ3n) is 6.41. The van der Waals surface area contributed by atoms with Crippen LogP contribution in [0.4, 0.5) is 5.82 Å².